The molecular formula is C26H28F3N3O3. The van der Waals surface area contributed by atoms with E-state index in [0.29, 0.717) is 49.6 Å². The minimum atomic E-state index is -4.36. The van der Waals surface area contributed by atoms with Gasteiger partial charge >= 0.3 is 6.18 Å². The largest absolute Gasteiger partial charge is 0.488 e. The Kier molecular flexibility index (Phi) is 7.16. The lowest BCUT2D eigenvalue weighted by molar-refractivity contribution is -0.137. The molecular weight excluding hydrogens is 459 g/mol. The predicted molar refractivity (Wildman–Crippen MR) is 124 cm³/mol. The first-order valence-corrected chi connectivity index (χ1v) is 11.5. The van der Waals surface area contributed by atoms with Crippen molar-refractivity contribution >= 4 is 5.91 Å². The lowest BCUT2D eigenvalue weighted by Crippen LogP contribution is -2.48. The summed E-state index contributed by atoms with van der Waals surface area (Å²) in [6.07, 6.45) is -4.36. The highest BCUT2D eigenvalue weighted by molar-refractivity contribution is 5.93. The lowest BCUT2D eigenvalue weighted by atomic mass is 10.1. The molecule has 186 valence electrons. The van der Waals surface area contributed by atoms with E-state index in [1.807, 2.05) is 36.9 Å². The standard InChI is InChI=1S/C26H28F3N3O3/c1-17-6-4-7-18(2)24(17)34-16-22-19(3)35-30-23(22)25(33)32-12-10-31(11-13-32)15-20-8-5-9-21(14-20)26(27,28)29/h4-9,14H,10-13,15-16H2,1-3H3. The van der Waals surface area contributed by atoms with E-state index >= 15 is 0 Å². The SMILES string of the molecule is Cc1cccc(C)c1OCc1c(C(=O)N2CCN(Cc3cccc(C(F)(F)F)c3)CC2)noc1C. The highest BCUT2D eigenvalue weighted by Crippen LogP contribution is 2.30. The van der Waals surface area contributed by atoms with Crippen molar-refractivity contribution in [1.82, 2.24) is 15.0 Å². The van der Waals surface area contributed by atoms with Gasteiger partial charge in [0.1, 0.15) is 18.1 Å². The number of nitrogens with zero attached hydrogens (tertiary/aromatic N) is 3. The van der Waals surface area contributed by atoms with Gasteiger partial charge < -0.3 is 14.2 Å². The zero-order chi connectivity index (χ0) is 25.2. The van der Waals surface area contributed by atoms with E-state index in [1.54, 1.807) is 17.9 Å². The van der Waals surface area contributed by atoms with Crippen LogP contribution in [0.5, 0.6) is 5.75 Å². The van der Waals surface area contributed by atoms with Gasteiger partial charge in [-0.05, 0) is 43.5 Å². The average molecular weight is 488 g/mol. The Morgan fingerprint density at radius 1 is 1.03 bits per heavy atom. The summed E-state index contributed by atoms with van der Waals surface area (Å²) in [6, 6.07) is 11.3. The third-order valence-electron chi connectivity index (χ3n) is 6.28. The van der Waals surface area contributed by atoms with Crippen LogP contribution in [0.1, 0.15) is 44.1 Å². The Hall–Kier alpha value is -3.33. The summed E-state index contributed by atoms with van der Waals surface area (Å²) in [7, 11) is 0. The fourth-order valence-electron chi connectivity index (χ4n) is 4.26. The molecule has 1 aliphatic rings. The molecule has 3 aromatic rings. The van der Waals surface area contributed by atoms with Gasteiger partial charge in [0.15, 0.2) is 5.69 Å². The number of carbonyl (C=O) groups is 1. The third kappa shape index (κ3) is 5.67. The van der Waals surface area contributed by atoms with E-state index in [9.17, 15) is 18.0 Å². The fourth-order valence-corrected chi connectivity index (χ4v) is 4.26. The summed E-state index contributed by atoms with van der Waals surface area (Å²) in [5.41, 5.74) is 2.80. The summed E-state index contributed by atoms with van der Waals surface area (Å²) in [5.74, 6) is 1.07. The molecule has 2 heterocycles. The number of aromatic nitrogens is 1. The van der Waals surface area contributed by atoms with Crippen molar-refractivity contribution in [3.05, 3.63) is 81.7 Å². The van der Waals surface area contributed by atoms with Crippen LogP contribution in [-0.2, 0) is 19.3 Å². The van der Waals surface area contributed by atoms with Crippen molar-refractivity contribution in [3.63, 3.8) is 0 Å². The minimum absolute atomic E-state index is 0.164. The maximum Gasteiger partial charge on any atom is 0.416 e. The molecule has 1 aromatic heterocycles. The summed E-state index contributed by atoms with van der Waals surface area (Å²) in [4.78, 5) is 16.9. The summed E-state index contributed by atoms with van der Waals surface area (Å²) >= 11 is 0. The molecule has 2 aromatic carbocycles. The van der Waals surface area contributed by atoms with Crippen LogP contribution < -0.4 is 4.74 Å². The molecule has 1 aliphatic heterocycles. The van der Waals surface area contributed by atoms with Crippen molar-refractivity contribution in [2.45, 2.75) is 40.1 Å². The quantitative estimate of drug-likeness (QED) is 0.481. The summed E-state index contributed by atoms with van der Waals surface area (Å²) in [5, 5.41) is 4.00. The van der Waals surface area contributed by atoms with Gasteiger partial charge in [-0.15, -0.1) is 0 Å². The van der Waals surface area contributed by atoms with Crippen LogP contribution in [0.15, 0.2) is 47.0 Å². The van der Waals surface area contributed by atoms with Crippen molar-refractivity contribution < 1.29 is 27.2 Å². The molecule has 0 spiro atoms. The van der Waals surface area contributed by atoms with Crippen LogP contribution in [0.3, 0.4) is 0 Å². The van der Waals surface area contributed by atoms with Crippen LogP contribution in [0.25, 0.3) is 0 Å². The first kappa shape index (κ1) is 24.8. The van der Waals surface area contributed by atoms with Gasteiger partial charge in [0.05, 0.1) is 11.1 Å². The molecule has 0 bridgehead atoms. The topological polar surface area (TPSA) is 58.8 Å². The molecule has 9 heteroatoms. The number of hydrogen-bond acceptors (Lipinski definition) is 5. The minimum Gasteiger partial charge on any atom is -0.488 e. The van der Waals surface area contributed by atoms with E-state index in [1.165, 1.54) is 12.1 Å². The molecule has 0 radical (unpaired) electrons. The second-order valence-electron chi connectivity index (χ2n) is 8.84. The number of rotatable bonds is 6. The Morgan fingerprint density at radius 3 is 2.34 bits per heavy atom. The fraction of sp³-hybridized carbons (Fsp3) is 0.385. The van der Waals surface area contributed by atoms with Crippen LogP contribution in [0, 0.1) is 20.8 Å². The van der Waals surface area contributed by atoms with Crippen LogP contribution in [0.4, 0.5) is 13.2 Å². The number of para-hydroxylation sites is 1. The molecule has 1 fully saturated rings. The smallest absolute Gasteiger partial charge is 0.416 e. The molecule has 1 amide bonds. The number of ether oxygens (including phenoxy) is 1. The van der Waals surface area contributed by atoms with Gasteiger partial charge in [0.25, 0.3) is 5.91 Å². The van der Waals surface area contributed by atoms with E-state index < -0.39 is 11.7 Å². The van der Waals surface area contributed by atoms with Crippen molar-refractivity contribution in [2.75, 3.05) is 26.2 Å². The van der Waals surface area contributed by atoms with E-state index in [-0.39, 0.29) is 18.2 Å². The average Bonchev–Trinajstić information content (AvgIpc) is 3.19. The zero-order valence-corrected chi connectivity index (χ0v) is 20.0. The molecule has 4 rings (SSSR count). The monoisotopic (exact) mass is 487 g/mol. The van der Waals surface area contributed by atoms with Gasteiger partial charge in [-0.1, -0.05) is 41.6 Å². The molecule has 6 nitrogen and oxygen atoms in total. The number of halogens is 3. The van der Waals surface area contributed by atoms with Crippen LogP contribution in [-0.4, -0.2) is 47.0 Å². The number of piperazine rings is 1. The normalized spacial score (nSPS) is 14.9. The van der Waals surface area contributed by atoms with Crippen molar-refractivity contribution in [1.29, 1.82) is 0 Å². The van der Waals surface area contributed by atoms with Gasteiger partial charge in [0, 0.05) is 32.7 Å². The molecule has 0 aliphatic carbocycles. The predicted octanol–water partition coefficient (Wildman–Crippen LogP) is 5.16. The maximum absolute atomic E-state index is 13.2. The molecule has 35 heavy (non-hydrogen) atoms. The number of benzene rings is 2. The number of alkyl halides is 3. The Balaban J connectivity index is 1.38. The Bertz CT molecular complexity index is 1180. The zero-order valence-electron chi connectivity index (χ0n) is 20.0. The van der Waals surface area contributed by atoms with E-state index in [2.05, 4.69) is 5.16 Å². The maximum atomic E-state index is 13.2. The molecule has 1 saturated heterocycles. The number of amides is 1. The van der Waals surface area contributed by atoms with Gasteiger partial charge in [-0.3, -0.25) is 9.69 Å². The van der Waals surface area contributed by atoms with E-state index in [4.69, 9.17) is 9.26 Å². The third-order valence-corrected chi connectivity index (χ3v) is 6.28. The van der Waals surface area contributed by atoms with Gasteiger partial charge in [0.2, 0.25) is 0 Å². The second kappa shape index (κ2) is 10.1. The molecule has 0 atom stereocenters. The Morgan fingerprint density at radius 2 is 1.69 bits per heavy atom. The summed E-state index contributed by atoms with van der Waals surface area (Å²) < 4.78 is 50.3. The highest BCUT2D eigenvalue weighted by atomic mass is 19.4. The first-order chi connectivity index (χ1) is 16.6. The van der Waals surface area contributed by atoms with Gasteiger partial charge in [-0.25, -0.2) is 0 Å². The van der Waals surface area contributed by atoms with Gasteiger partial charge in [-0.2, -0.15) is 13.2 Å². The lowest BCUT2D eigenvalue weighted by Gasteiger charge is -2.34. The molecule has 0 saturated carbocycles. The number of carbonyl (C=O) groups excluding carboxylic acids is 1. The molecule has 0 unspecified atom stereocenters. The summed E-state index contributed by atoms with van der Waals surface area (Å²) in [6.45, 7) is 8.23. The van der Waals surface area contributed by atoms with E-state index in [0.717, 1.165) is 22.9 Å². The molecule has 0 N–H and O–H groups in total. The van der Waals surface area contributed by atoms with Crippen LogP contribution in [0.2, 0.25) is 0 Å². The van der Waals surface area contributed by atoms with Crippen molar-refractivity contribution in [3.8, 4) is 5.75 Å². The van der Waals surface area contributed by atoms with Crippen molar-refractivity contribution in [2.24, 2.45) is 0 Å². The first-order valence-electron chi connectivity index (χ1n) is 11.5. The number of aryl methyl sites for hydroxylation is 3. The highest BCUT2D eigenvalue weighted by Gasteiger charge is 2.31. The second-order valence-corrected chi connectivity index (χ2v) is 8.84. The Labute approximate surface area is 202 Å². The number of hydrogen-bond donors (Lipinski definition) is 0. The van der Waals surface area contributed by atoms with Crippen LogP contribution >= 0.6 is 0 Å².